The normalized spacial score (nSPS) is 14.0. The number of benzene rings is 2. The molecule has 0 aliphatic heterocycles. The van der Waals surface area contributed by atoms with Gasteiger partial charge >= 0.3 is 6.09 Å². The average molecular weight is 642 g/mol. The third-order valence-electron chi connectivity index (χ3n) is 8.08. The summed E-state index contributed by atoms with van der Waals surface area (Å²) in [6.07, 6.45) is 7.03. The minimum Gasteiger partial charge on any atom is -0.506 e. The third kappa shape index (κ3) is 9.06. The highest BCUT2D eigenvalue weighted by Gasteiger charge is 2.25. The number of aromatic nitrogens is 1. The van der Waals surface area contributed by atoms with Crippen LogP contribution in [0.25, 0.3) is 10.9 Å². The summed E-state index contributed by atoms with van der Waals surface area (Å²) >= 11 is 3.50. The fourth-order valence-electron chi connectivity index (χ4n) is 5.77. The summed E-state index contributed by atoms with van der Waals surface area (Å²) in [6, 6.07) is 14.6. The van der Waals surface area contributed by atoms with Gasteiger partial charge in [0.15, 0.2) is 0 Å². The summed E-state index contributed by atoms with van der Waals surface area (Å²) in [6.45, 7) is 2.17. The average Bonchev–Trinajstić information content (AvgIpc) is 3.25. The molecule has 1 aliphatic carbocycles. The van der Waals surface area contributed by atoms with Gasteiger partial charge in [0.05, 0.1) is 5.52 Å². The maximum Gasteiger partial charge on any atom is 0.407 e. The van der Waals surface area contributed by atoms with E-state index in [4.69, 9.17) is 0 Å². The van der Waals surface area contributed by atoms with E-state index in [2.05, 4.69) is 38.4 Å². The van der Waals surface area contributed by atoms with Crippen molar-refractivity contribution in [1.29, 1.82) is 0 Å². The molecular weight excluding hydrogens is 600 g/mol. The Bertz CT molecular complexity index is 1400. The van der Waals surface area contributed by atoms with Crippen molar-refractivity contribution in [3.63, 3.8) is 0 Å². The zero-order valence-corrected chi connectivity index (χ0v) is 25.6. The number of H-pyrrole nitrogens is 1. The standard InChI is InChI=1S/C32H41BrN4O5/c33-25-7-5-6-23(22-25)14-17-34-18-15-30(40)37(26-8-3-1-2-4-9-26)21-20-36(32(41)42)19-16-24-10-12-28(38)31-27(24)11-13-29(39)35-31/h5-7,10-13,22,26,34,38H,1-4,8-9,14-21H2,(H,35,39)(H,41,42). The number of carbonyl (C=O) groups is 2. The summed E-state index contributed by atoms with van der Waals surface area (Å²) in [5.41, 5.74) is 2.09. The van der Waals surface area contributed by atoms with Crippen LogP contribution in [0.5, 0.6) is 5.75 Å². The van der Waals surface area contributed by atoms with Crippen molar-refractivity contribution in [3.8, 4) is 5.75 Å². The number of halogens is 1. The van der Waals surface area contributed by atoms with E-state index in [-0.39, 0.29) is 36.3 Å². The number of carboxylic acid groups (broad SMARTS) is 1. The number of fused-ring (bicyclic) bond motifs is 1. The Kier molecular flexibility index (Phi) is 11.8. The van der Waals surface area contributed by atoms with E-state index >= 15 is 0 Å². The summed E-state index contributed by atoms with van der Waals surface area (Å²) in [7, 11) is 0. The molecule has 1 aromatic heterocycles. The first-order chi connectivity index (χ1) is 20.3. The fraction of sp³-hybridized carbons (Fsp3) is 0.469. The molecule has 4 rings (SSSR count). The number of phenolic OH excluding ortho intramolecular Hbond substituents is 1. The molecule has 42 heavy (non-hydrogen) atoms. The van der Waals surface area contributed by atoms with Gasteiger partial charge in [-0.3, -0.25) is 9.59 Å². The molecule has 0 bridgehead atoms. The zero-order chi connectivity index (χ0) is 29.9. The van der Waals surface area contributed by atoms with E-state index < -0.39 is 6.09 Å². The summed E-state index contributed by atoms with van der Waals surface area (Å²) in [5.74, 6) is 0.0393. The first-order valence-corrected chi connectivity index (χ1v) is 15.7. The van der Waals surface area contributed by atoms with Crippen LogP contribution < -0.4 is 10.9 Å². The lowest BCUT2D eigenvalue weighted by atomic mass is 10.0. The van der Waals surface area contributed by atoms with Gasteiger partial charge in [0.1, 0.15) is 5.75 Å². The number of hydrogen-bond donors (Lipinski definition) is 4. The van der Waals surface area contributed by atoms with E-state index in [9.17, 15) is 24.6 Å². The van der Waals surface area contributed by atoms with Crippen molar-refractivity contribution in [2.75, 3.05) is 32.7 Å². The number of pyridine rings is 1. The highest BCUT2D eigenvalue weighted by atomic mass is 79.9. The summed E-state index contributed by atoms with van der Waals surface area (Å²) < 4.78 is 1.05. The van der Waals surface area contributed by atoms with Gasteiger partial charge in [0.25, 0.3) is 0 Å². The first-order valence-electron chi connectivity index (χ1n) is 14.9. The molecule has 4 N–H and O–H groups in total. The Hall–Kier alpha value is -3.37. The van der Waals surface area contributed by atoms with Gasteiger partial charge in [-0.1, -0.05) is 59.8 Å². The minimum absolute atomic E-state index is 0.0262. The minimum atomic E-state index is -1.03. The second kappa shape index (κ2) is 15.7. The van der Waals surface area contributed by atoms with Crippen LogP contribution in [-0.2, 0) is 17.6 Å². The maximum absolute atomic E-state index is 13.5. The van der Waals surface area contributed by atoms with Gasteiger partial charge in [-0.05, 0) is 67.6 Å². The molecule has 10 heteroatoms. The molecule has 0 atom stereocenters. The Morgan fingerprint density at radius 3 is 2.48 bits per heavy atom. The van der Waals surface area contributed by atoms with Gasteiger partial charge in [-0.2, -0.15) is 0 Å². The molecule has 2 aromatic carbocycles. The number of amides is 2. The van der Waals surface area contributed by atoms with Crippen LogP contribution in [0.1, 0.15) is 56.1 Å². The van der Waals surface area contributed by atoms with E-state index in [1.807, 2.05) is 17.0 Å². The van der Waals surface area contributed by atoms with Crippen LogP contribution in [-0.4, -0.2) is 75.8 Å². The number of hydrogen-bond acceptors (Lipinski definition) is 5. The molecule has 1 heterocycles. The highest BCUT2D eigenvalue weighted by Crippen LogP contribution is 2.26. The molecule has 226 valence electrons. The fourth-order valence-corrected chi connectivity index (χ4v) is 6.22. The lowest BCUT2D eigenvalue weighted by molar-refractivity contribution is -0.134. The van der Waals surface area contributed by atoms with E-state index in [1.54, 1.807) is 12.1 Å². The molecule has 0 saturated heterocycles. The Morgan fingerprint density at radius 1 is 0.952 bits per heavy atom. The molecule has 1 fully saturated rings. The molecule has 1 saturated carbocycles. The number of nitrogens with zero attached hydrogens (tertiary/aromatic N) is 2. The number of carbonyl (C=O) groups excluding carboxylic acids is 1. The smallest absolute Gasteiger partial charge is 0.407 e. The maximum atomic E-state index is 13.5. The van der Waals surface area contributed by atoms with Crippen molar-refractivity contribution in [2.45, 2.75) is 63.8 Å². The van der Waals surface area contributed by atoms with Gasteiger partial charge in [-0.25, -0.2) is 4.79 Å². The van der Waals surface area contributed by atoms with Crippen LogP contribution in [0.2, 0.25) is 0 Å². The number of aromatic amines is 1. The SMILES string of the molecule is O=C(O)N(CCc1ccc(O)c2[nH]c(=O)ccc12)CCN(C(=O)CCNCCc1cccc(Br)c1)C1CCCCCC1. The quantitative estimate of drug-likeness (QED) is 0.149. The molecule has 9 nitrogen and oxygen atoms in total. The molecule has 0 spiro atoms. The molecular formula is C32H41BrN4O5. The van der Waals surface area contributed by atoms with Crippen molar-refractivity contribution in [3.05, 3.63) is 74.5 Å². The number of rotatable bonds is 13. The number of aromatic hydroxyl groups is 1. The van der Waals surface area contributed by atoms with Crippen molar-refractivity contribution in [1.82, 2.24) is 20.1 Å². The van der Waals surface area contributed by atoms with Crippen molar-refractivity contribution < 1.29 is 19.8 Å². The second-order valence-electron chi connectivity index (χ2n) is 11.0. The van der Waals surface area contributed by atoms with Crippen LogP contribution in [0, 0.1) is 0 Å². The molecule has 1 aliphatic rings. The molecule has 0 radical (unpaired) electrons. The Balaban J connectivity index is 1.35. The van der Waals surface area contributed by atoms with E-state index in [0.29, 0.717) is 36.8 Å². The van der Waals surface area contributed by atoms with E-state index in [1.165, 1.54) is 35.4 Å². The van der Waals surface area contributed by atoms with Crippen molar-refractivity contribution in [2.24, 2.45) is 0 Å². The topological polar surface area (TPSA) is 126 Å². The predicted octanol–water partition coefficient (Wildman–Crippen LogP) is 5.29. The van der Waals surface area contributed by atoms with Gasteiger partial charge < -0.3 is 30.3 Å². The molecule has 2 amide bonds. The van der Waals surface area contributed by atoms with Crippen LogP contribution in [0.3, 0.4) is 0 Å². The summed E-state index contributed by atoms with van der Waals surface area (Å²) in [4.78, 5) is 43.3. The molecule has 0 unspecified atom stereocenters. The lowest BCUT2D eigenvalue weighted by Gasteiger charge is -2.33. The monoisotopic (exact) mass is 640 g/mol. The molecule has 3 aromatic rings. The number of phenols is 1. The van der Waals surface area contributed by atoms with Crippen LogP contribution >= 0.6 is 15.9 Å². The Morgan fingerprint density at radius 2 is 1.74 bits per heavy atom. The van der Waals surface area contributed by atoms with Crippen LogP contribution in [0.15, 0.2) is 57.8 Å². The van der Waals surface area contributed by atoms with Crippen LogP contribution in [0.4, 0.5) is 4.79 Å². The van der Waals surface area contributed by atoms with Gasteiger partial charge in [0, 0.05) is 54.6 Å². The van der Waals surface area contributed by atoms with Crippen molar-refractivity contribution >= 4 is 38.8 Å². The Labute approximate surface area is 255 Å². The van der Waals surface area contributed by atoms with Gasteiger partial charge in [-0.15, -0.1) is 0 Å². The van der Waals surface area contributed by atoms with E-state index in [0.717, 1.165) is 48.7 Å². The lowest BCUT2D eigenvalue weighted by Crippen LogP contribution is -2.46. The first kappa shape index (κ1) is 31.6. The third-order valence-corrected chi connectivity index (χ3v) is 8.57. The largest absolute Gasteiger partial charge is 0.506 e. The highest BCUT2D eigenvalue weighted by molar-refractivity contribution is 9.10. The zero-order valence-electron chi connectivity index (χ0n) is 24.0. The number of nitrogens with one attached hydrogen (secondary N) is 2. The predicted molar refractivity (Wildman–Crippen MR) is 168 cm³/mol. The second-order valence-corrected chi connectivity index (χ2v) is 11.9. The van der Waals surface area contributed by atoms with Gasteiger partial charge in [0.2, 0.25) is 11.5 Å². The summed E-state index contributed by atoms with van der Waals surface area (Å²) in [5, 5.41) is 24.2.